The van der Waals surface area contributed by atoms with Gasteiger partial charge in [0.1, 0.15) is 0 Å². The zero-order valence-corrected chi connectivity index (χ0v) is 10.0. The number of hydrogen-bond donors (Lipinski definition) is 1. The van der Waals surface area contributed by atoms with E-state index < -0.39 is 13.2 Å². The van der Waals surface area contributed by atoms with Gasteiger partial charge in [0.15, 0.2) is 0 Å². The van der Waals surface area contributed by atoms with E-state index in [2.05, 4.69) is 0 Å². The van der Waals surface area contributed by atoms with Crippen LogP contribution in [-0.2, 0) is 9.09 Å². The second kappa shape index (κ2) is 4.93. The normalized spacial score (nSPS) is 16.4. The van der Waals surface area contributed by atoms with Crippen molar-refractivity contribution in [3.63, 3.8) is 0 Å². The van der Waals surface area contributed by atoms with Crippen molar-refractivity contribution in [3.05, 3.63) is 0 Å². The van der Waals surface area contributed by atoms with Crippen LogP contribution >= 0.6 is 7.60 Å². The summed E-state index contributed by atoms with van der Waals surface area (Å²) in [4.78, 5) is 9.41. The average Bonchev–Trinajstić information content (AvgIpc) is 1.99. The molecule has 1 atom stereocenters. The van der Waals surface area contributed by atoms with E-state index in [1.807, 2.05) is 19.9 Å². The molecule has 0 bridgehead atoms. The molecule has 0 amide bonds. The van der Waals surface area contributed by atoms with Crippen LogP contribution in [0.1, 0.15) is 34.1 Å². The summed E-state index contributed by atoms with van der Waals surface area (Å²) < 4.78 is 16.6. The van der Waals surface area contributed by atoms with Gasteiger partial charge in [0.2, 0.25) is 0 Å². The molecule has 0 heterocycles. The molecule has 82 valence electrons. The van der Waals surface area contributed by atoms with Gasteiger partial charge in [-0.15, -0.1) is 0 Å². The maximum absolute atomic E-state index is 11.5. The Bertz CT molecular complexity index is 268. The molecule has 1 N–H and O–H groups in total. The fourth-order valence-electron chi connectivity index (χ4n) is 0.710. The molecule has 5 heteroatoms. The van der Waals surface area contributed by atoms with Crippen molar-refractivity contribution in [3.8, 4) is 6.07 Å². The van der Waals surface area contributed by atoms with Crippen LogP contribution in [-0.4, -0.2) is 16.7 Å². The minimum Gasteiger partial charge on any atom is -0.324 e. The van der Waals surface area contributed by atoms with Crippen molar-refractivity contribution in [1.29, 1.82) is 5.26 Å². The third-order valence-electron chi connectivity index (χ3n) is 2.27. The van der Waals surface area contributed by atoms with E-state index in [1.165, 1.54) is 0 Å². The van der Waals surface area contributed by atoms with Crippen molar-refractivity contribution in [2.24, 2.45) is 5.92 Å². The lowest BCUT2D eigenvalue weighted by molar-refractivity contribution is 0.0478. The molecule has 4 nitrogen and oxygen atoms in total. The third-order valence-corrected chi connectivity index (χ3v) is 3.82. The molecule has 0 aliphatic heterocycles. The minimum absolute atomic E-state index is 0.0436. The van der Waals surface area contributed by atoms with Crippen LogP contribution in [0.2, 0.25) is 0 Å². The van der Waals surface area contributed by atoms with Gasteiger partial charge in [0.05, 0.1) is 17.8 Å². The minimum atomic E-state index is -3.61. The Morgan fingerprint density at radius 1 is 1.57 bits per heavy atom. The molecule has 14 heavy (non-hydrogen) atoms. The van der Waals surface area contributed by atoms with Crippen LogP contribution < -0.4 is 0 Å². The Kier molecular flexibility index (Phi) is 4.80. The first kappa shape index (κ1) is 13.6. The molecule has 0 aliphatic rings. The van der Waals surface area contributed by atoms with Gasteiger partial charge >= 0.3 is 7.60 Å². The van der Waals surface area contributed by atoms with Crippen molar-refractivity contribution < 1.29 is 14.0 Å². The van der Waals surface area contributed by atoms with E-state index in [0.29, 0.717) is 0 Å². The number of hydrogen-bond acceptors (Lipinski definition) is 3. The van der Waals surface area contributed by atoms with Gasteiger partial charge in [0.25, 0.3) is 0 Å². The fourth-order valence-corrected chi connectivity index (χ4v) is 2.13. The highest BCUT2D eigenvalue weighted by atomic mass is 31.2. The van der Waals surface area contributed by atoms with E-state index in [-0.39, 0.29) is 18.5 Å². The summed E-state index contributed by atoms with van der Waals surface area (Å²) in [6.07, 6.45) is -0.0540. The molecule has 0 aromatic carbocycles. The van der Waals surface area contributed by atoms with Gasteiger partial charge in [-0.3, -0.25) is 4.57 Å². The van der Waals surface area contributed by atoms with Crippen LogP contribution in [0, 0.1) is 17.2 Å². The van der Waals surface area contributed by atoms with E-state index in [0.717, 1.165) is 0 Å². The first-order valence-corrected chi connectivity index (χ1v) is 6.37. The third kappa shape index (κ3) is 4.76. The zero-order chi connectivity index (χ0) is 11.4. The van der Waals surface area contributed by atoms with E-state index in [9.17, 15) is 9.46 Å². The molecule has 0 spiro atoms. The first-order valence-electron chi connectivity index (χ1n) is 4.61. The predicted octanol–water partition coefficient (Wildman–Crippen LogP) is 2.54. The lowest BCUT2D eigenvalue weighted by atomic mass is 9.95. The van der Waals surface area contributed by atoms with Crippen LogP contribution in [0.25, 0.3) is 0 Å². The SMILES string of the molecule is CC(C)C(C)(C)OP(=O)(O)CCC#N. The van der Waals surface area contributed by atoms with Gasteiger partial charge in [-0.2, -0.15) is 5.26 Å². The summed E-state index contributed by atoms with van der Waals surface area (Å²) in [6.45, 7) is 7.38. The quantitative estimate of drug-likeness (QED) is 0.721. The predicted molar refractivity (Wildman–Crippen MR) is 54.9 cm³/mol. The van der Waals surface area contributed by atoms with Gasteiger partial charge in [-0.1, -0.05) is 13.8 Å². The van der Waals surface area contributed by atoms with Gasteiger partial charge in [-0.05, 0) is 19.8 Å². The monoisotopic (exact) mass is 219 g/mol. The molecule has 0 saturated carbocycles. The van der Waals surface area contributed by atoms with Crippen molar-refractivity contribution in [2.45, 2.75) is 39.7 Å². The summed E-state index contributed by atoms with van der Waals surface area (Å²) in [5.41, 5.74) is -0.639. The van der Waals surface area contributed by atoms with E-state index >= 15 is 0 Å². The van der Waals surface area contributed by atoms with Gasteiger partial charge < -0.3 is 9.42 Å². The number of nitrogens with zero attached hydrogens (tertiary/aromatic N) is 1. The number of nitriles is 1. The molecule has 0 fully saturated rings. The molecule has 0 radical (unpaired) electrons. The topological polar surface area (TPSA) is 70.3 Å². The Morgan fingerprint density at radius 2 is 2.07 bits per heavy atom. The molecule has 0 rings (SSSR count). The lowest BCUT2D eigenvalue weighted by Gasteiger charge is -2.31. The maximum Gasteiger partial charge on any atom is 0.329 e. The van der Waals surface area contributed by atoms with Crippen LogP contribution in [0.3, 0.4) is 0 Å². The molecule has 0 saturated heterocycles. The van der Waals surface area contributed by atoms with Crippen molar-refractivity contribution >= 4 is 7.60 Å². The van der Waals surface area contributed by atoms with Crippen LogP contribution in [0.5, 0.6) is 0 Å². The highest BCUT2D eigenvalue weighted by Crippen LogP contribution is 2.48. The second-order valence-corrected chi connectivity index (χ2v) is 6.02. The number of rotatable bonds is 5. The van der Waals surface area contributed by atoms with Crippen molar-refractivity contribution in [1.82, 2.24) is 0 Å². The lowest BCUT2D eigenvalue weighted by Crippen LogP contribution is -2.30. The summed E-state index contributed by atoms with van der Waals surface area (Å²) in [7, 11) is -3.61. The van der Waals surface area contributed by atoms with E-state index in [4.69, 9.17) is 9.79 Å². The molecule has 0 aromatic heterocycles. The van der Waals surface area contributed by atoms with Gasteiger partial charge in [-0.25, -0.2) is 0 Å². The largest absolute Gasteiger partial charge is 0.329 e. The summed E-state index contributed by atoms with van der Waals surface area (Å²) in [6, 6.07) is 1.83. The molecular weight excluding hydrogens is 201 g/mol. The van der Waals surface area contributed by atoms with E-state index in [1.54, 1.807) is 13.8 Å². The Balaban J connectivity index is 4.36. The zero-order valence-electron chi connectivity index (χ0n) is 9.15. The van der Waals surface area contributed by atoms with Crippen LogP contribution in [0.4, 0.5) is 0 Å². The molecular formula is C9H18NO3P. The average molecular weight is 219 g/mol. The summed E-state index contributed by atoms with van der Waals surface area (Å²) in [5.74, 6) is 0.144. The Hall–Kier alpha value is -0.360. The van der Waals surface area contributed by atoms with Gasteiger partial charge in [0, 0.05) is 6.42 Å². The van der Waals surface area contributed by atoms with Crippen LogP contribution in [0.15, 0.2) is 0 Å². The first-order chi connectivity index (χ1) is 6.21. The molecule has 1 unspecified atom stereocenters. The summed E-state index contributed by atoms with van der Waals surface area (Å²) in [5, 5.41) is 8.30. The Morgan fingerprint density at radius 3 is 2.43 bits per heavy atom. The fraction of sp³-hybridized carbons (Fsp3) is 0.889. The summed E-state index contributed by atoms with van der Waals surface area (Å²) >= 11 is 0. The standard InChI is InChI=1S/C9H18NO3P/c1-8(2)9(3,4)13-14(11,12)7-5-6-10/h8H,5,7H2,1-4H3,(H,11,12). The molecule has 0 aromatic rings. The smallest absolute Gasteiger partial charge is 0.324 e. The highest BCUT2D eigenvalue weighted by molar-refractivity contribution is 7.52. The Labute approximate surface area is 85.4 Å². The maximum atomic E-state index is 11.5. The highest BCUT2D eigenvalue weighted by Gasteiger charge is 2.32. The molecule has 0 aliphatic carbocycles. The van der Waals surface area contributed by atoms with Crippen molar-refractivity contribution in [2.75, 3.05) is 6.16 Å². The second-order valence-electron chi connectivity index (χ2n) is 4.12.